The van der Waals surface area contributed by atoms with Gasteiger partial charge in [0.2, 0.25) is 0 Å². The monoisotopic (exact) mass is 277 g/mol. The van der Waals surface area contributed by atoms with Gasteiger partial charge in [0.25, 0.3) is 0 Å². The molecule has 2 N–H and O–H groups in total. The average Bonchev–Trinajstić information content (AvgIpc) is 3.19. The number of rotatable bonds is 5. The van der Waals surface area contributed by atoms with Gasteiger partial charge in [0, 0.05) is 12.7 Å². The highest BCUT2D eigenvalue weighted by molar-refractivity contribution is 5.85. The second-order valence-corrected chi connectivity index (χ2v) is 5.93. The molecule has 1 aromatic heterocycles. The van der Waals surface area contributed by atoms with Gasteiger partial charge in [-0.15, -0.1) is 0 Å². The van der Waals surface area contributed by atoms with Gasteiger partial charge < -0.3 is 10.5 Å². The normalized spacial score (nSPS) is 27.2. The molecule has 2 heterocycles. The molecule has 0 aromatic carbocycles. The van der Waals surface area contributed by atoms with Crippen molar-refractivity contribution in [2.24, 2.45) is 5.73 Å². The SMILES string of the molecule is NCC1CCC(C(=O)Cc2ccn(C3CCCC3)n2)O1. The van der Waals surface area contributed by atoms with Gasteiger partial charge in [0.05, 0.1) is 24.3 Å². The number of nitrogens with two attached hydrogens (primary N) is 1. The minimum Gasteiger partial charge on any atom is -0.366 e. The maximum Gasteiger partial charge on any atom is 0.167 e. The molecule has 20 heavy (non-hydrogen) atoms. The molecule has 1 aliphatic heterocycles. The molecule has 2 aliphatic rings. The van der Waals surface area contributed by atoms with Gasteiger partial charge in [-0.3, -0.25) is 9.48 Å². The number of aromatic nitrogens is 2. The zero-order valence-corrected chi connectivity index (χ0v) is 11.8. The predicted molar refractivity (Wildman–Crippen MR) is 75.4 cm³/mol. The largest absolute Gasteiger partial charge is 0.366 e. The number of carbonyl (C=O) groups is 1. The second-order valence-electron chi connectivity index (χ2n) is 5.93. The average molecular weight is 277 g/mol. The Morgan fingerprint density at radius 2 is 2.15 bits per heavy atom. The second kappa shape index (κ2) is 6.06. The molecule has 1 saturated heterocycles. The molecule has 5 heteroatoms. The van der Waals surface area contributed by atoms with Crippen molar-refractivity contribution >= 4 is 5.78 Å². The molecular formula is C15H23N3O2. The molecule has 2 atom stereocenters. The fourth-order valence-electron chi connectivity index (χ4n) is 3.25. The van der Waals surface area contributed by atoms with Crippen molar-refractivity contribution in [2.75, 3.05) is 6.54 Å². The quantitative estimate of drug-likeness (QED) is 0.887. The highest BCUT2D eigenvalue weighted by Gasteiger charge is 2.30. The van der Waals surface area contributed by atoms with Crippen molar-refractivity contribution < 1.29 is 9.53 Å². The van der Waals surface area contributed by atoms with Gasteiger partial charge >= 0.3 is 0 Å². The summed E-state index contributed by atoms with van der Waals surface area (Å²) in [5.74, 6) is 0.137. The van der Waals surface area contributed by atoms with Crippen LogP contribution in [0.4, 0.5) is 0 Å². The summed E-state index contributed by atoms with van der Waals surface area (Å²) in [7, 11) is 0. The van der Waals surface area contributed by atoms with E-state index in [0.29, 0.717) is 19.0 Å². The smallest absolute Gasteiger partial charge is 0.167 e. The Labute approximate surface area is 119 Å². The van der Waals surface area contributed by atoms with Crippen LogP contribution >= 0.6 is 0 Å². The topological polar surface area (TPSA) is 70.1 Å². The van der Waals surface area contributed by atoms with Crippen LogP contribution in [0.2, 0.25) is 0 Å². The first-order valence-corrected chi connectivity index (χ1v) is 7.68. The summed E-state index contributed by atoms with van der Waals surface area (Å²) < 4.78 is 7.68. The molecule has 1 aliphatic carbocycles. The molecule has 110 valence electrons. The van der Waals surface area contributed by atoms with Gasteiger partial charge in [-0.25, -0.2) is 0 Å². The van der Waals surface area contributed by atoms with Crippen molar-refractivity contribution in [3.8, 4) is 0 Å². The summed E-state index contributed by atoms with van der Waals surface area (Å²) >= 11 is 0. The van der Waals surface area contributed by atoms with E-state index in [4.69, 9.17) is 10.5 Å². The molecule has 0 amide bonds. The molecule has 0 bridgehead atoms. The van der Waals surface area contributed by atoms with Crippen molar-refractivity contribution in [1.82, 2.24) is 9.78 Å². The summed E-state index contributed by atoms with van der Waals surface area (Å²) in [6, 6.07) is 2.49. The Morgan fingerprint density at radius 3 is 2.85 bits per heavy atom. The summed E-state index contributed by atoms with van der Waals surface area (Å²) in [5.41, 5.74) is 6.43. The number of ether oxygens (including phenoxy) is 1. The molecular weight excluding hydrogens is 254 g/mol. The van der Waals surface area contributed by atoms with E-state index in [1.807, 2.05) is 16.9 Å². The summed E-state index contributed by atoms with van der Waals surface area (Å²) in [4.78, 5) is 12.2. The van der Waals surface area contributed by atoms with Gasteiger partial charge in [0.1, 0.15) is 6.10 Å². The lowest BCUT2D eigenvalue weighted by atomic mass is 10.1. The van der Waals surface area contributed by atoms with Gasteiger partial charge in [0.15, 0.2) is 5.78 Å². The predicted octanol–water partition coefficient (Wildman–Crippen LogP) is 1.62. The molecule has 3 rings (SSSR count). The van der Waals surface area contributed by atoms with Gasteiger partial charge in [-0.2, -0.15) is 5.10 Å². The van der Waals surface area contributed by atoms with E-state index >= 15 is 0 Å². The van der Waals surface area contributed by atoms with Crippen molar-refractivity contribution in [2.45, 2.75) is 63.2 Å². The Hall–Kier alpha value is -1.20. The maximum absolute atomic E-state index is 12.2. The summed E-state index contributed by atoms with van der Waals surface area (Å²) in [6.45, 7) is 0.500. The van der Waals surface area contributed by atoms with Gasteiger partial charge in [-0.1, -0.05) is 12.8 Å². The number of Topliss-reactive ketones (excluding diaryl/α,β-unsaturated/α-hetero) is 1. The van der Waals surface area contributed by atoms with Crippen molar-refractivity contribution in [3.63, 3.8) is 0 Å². The van der Waals surface area contributed by atoms with E-state index in [1.165, 1.54) is 25.7 Å². The van der Waals surface area contributed by atoms with Crippen molar-refractivity contribution in [1.29, 1.82) is 0 Å². The highest BCUT2D eigenvalue weighted by atomic mass is 16.5. The lowest BCUT2D eigenvalue weighted by Crippen LogP contribution is -2.26. The lowest BCUT2D eigenvalue weighted by Gasteiger charge is -2.11. The van der Waals surface area contributed by atoms with E-state index in [9.17, 15) is 4.79 Å². The molecule has 1 aromatic rings. The molecule has 2 fully saturated rings. The first-order valence-electron chi connectivity index (χ1n) is 7.68. The fraction of sp³-hybridized carbons (Fsp3) is 0.733. The summed E-state index contributed by atoms with van der Waals surface area (Å²) in [6.07, 6.45) is 8.84. The Balaban J connectivity index is 1.56. The van der Waals surface area contributed by atoms with E-state index in [1.54, 1.807) is 0 Å². The van der Waals surface area contributed by atoms with Crippen molar-refractivity contribution in [3.05, 3.63) is 18.0 Å². The molecule has 2 unspecified atom stereocenters. The minimum atomic E-state index is -0.278. The number of carbonyl (C=O) groups excluding carboxylic acids is 1. The van der Waals surface area contributed by atoms with Crippen LogP contribution in [0.25, 0.3) is 0 Å². The standard InChI is InChI=1S/C15H23N3O2/c16-10-13-5-6-15(20-13)14(19)9-11-7-8-18(17-11)12-3-1-2-4-12/h7-8,12-13,15H,1-6,9-10,16H2. The van der Waals surface area contributed by atoms with E-state index in [-0.39, 0.29) is 18.0 Å². The van der Waals surface area contributed by atoms with Crippen LogP contribution in [0.1, 0.15) is 50.3 Å². The first kappa shape index (κ1) is 13.8. The van der Waals surface area contributed by atoms with E-state index in [0.717, 1.165) is 18.5 Å². The number of hydrogen-bond donors (Lipinski definition) is 1. The zero-order valence-electron chi connectivity index (χ0n) is 11.8. The van der Waals surface area contributed by atoms with Crippen LogP contribution in [-0.2, 0) is 16.0 Å². The minimum absolute atomic E-state index is 0.0556. The molecule has 0 spiro atoms. The molecule has 5 nitrogen and oxygen atoms in total. The Morgan fingerprint density at radius 1 is 1.35 bits per heavy atom. The van der Waals surface area contributed by atoms with Gasteiger partial charge in [-0.05, 0) is 31.7 Å². The van der Waals surface area contributed by atoms with E-state index in [2.05, 4.69) is 5.10 Å². The van der Waals surface area contributed by atoms with Crippen LogP contribution in [-0.4, -0.2) is 34.3 Å². The number of hydrogen-bond acceptors (Lipinski definition) is 4. The molecule has 1 saturated carbocycles. The maximum atomic E-state index is 12.2. The zero-order chi connectivity index (χ0) is 13.9. The third-order valence-electron chi connectivity index (χ3n) is 4.45. The Bertz CT molecular complexity index is 465. The lowest BCUT2D eigenvalue weighted by molar-refractivity contribution is -0.129. The van der Waals surface area contributed by atoms with Crippen LogP contribution in [0, 0.1) is 0 Å². The molecule has 0 radical (unpaired) electrons. The van der Waals surface area contributed by atoms with Crippen LogP contribution in [0.15, 0.2) is 12.3 Å². The van der Waals surface area contributed by atoms with Crippen LogP contribution < -0.4 is 5.73 Å². The number of ketones is 1. The third kappa shape index (κ3) is 2.94. The van der Waals surface area contributed by atoms with E-state index < -0.39 is 0 Å². The van der Waals surface area contributed by atoms with Crippen LogP contribution in [0.3, 0.4) is 0 Å². The number of nitrogens with zero attached hydrogens (tertiary/aromatic N) is 2. The first-order chi connectivity index (χ1) is 9.76. The third-order valence-corrected chi connectivity index (χ3v) is 4.45. The Kier molecular flexibility index (Phi) is 4.17. The van der Waals surface area contributed by atoms with Crippen LogP contribution in [0.5, 0.6) is 0 Å². The summed E-state index contributed by atoms with van der Waals surface area (Å²) in [5, 5.41) is 4.56. The fourth-order valence-corrected chi connectivity index (χ4v) is 3.25. The highest BCUT2D eigenvalue weighted by Crippen LogP contribution is 2.29.